The van der Waals surface area contributed by atoms with Gasteiger partial charge in [-0.25, -0.2) is 0 Å². The second-order valence-electron chi connectivity index (χ2n) is 5.39. The third-order valence-corrected chi connectivity index (χ3v) is 4.44. The molecule has 0 saturated heterocycles. The number of aryl methyl sites for hydroxylation is 3. The lowest BCUT2D eigenvalue weighted by Gasteiger charge is -2.17. The lowest BCUT2D eigenvalue weighted by molar-refractivity contribution is 0.573. The van der Waals surface area contributed by atoms with Gasteiger partial charge in [0.1, 0.15) is 5.15 Å². The third kappa shape index (κ3) is 2.19. The summed E-state index contributed by atoms with van der Waals surface area (Å²) in [5.41, 5.74) is 10.9. The molecule has 0 amide bonds. The normalized spacial score (nSPS) is 18.6. The van der Waals surface area contributed by atoms with Crippen molar-refractivity contribution in [2.75, 3.05) is 0 Å². The standard InChI is InChI=1S/C14H19ClN4/c1-9-11(14(15)18(2)17-9)7-19-6-10-4-3-5-13(16)12(10)8-19/h6,8,13H,3-5,7,16H2,1-2H3. The lowest BCUT2D eigenvalue weighted by Crippen LogP contribution is -2.15. The van der Waals surface area contributed by atoms with Gasteiger partial charge in [-0.15, -0.1) is 0 Å². The number of hydrogen-bond donors (Lipinski definition) is 1. The molecule has 0 aliphatic heterocycles. The van der Waals surface area contributed by atoms with Gasteiger partial charge in [-0.1, -0.05) is 11.6 Å². The van der Waals surface area contributed by atoms with E-state index in [4.69, 9.17) is 17.3 Å². The van der Waals surface area contributed by atoms with Crippen molar-refractivity contribution in [3.05, 3.63) is 39.9 Å². The fraction of sp³-hybridized carbons (Fsp3) is 0.500. The monoisotopic (exact) mass is 278 g/mol. The van der Waals surface area contributed by atoms with Crippen LogP contribution in [0.4, 0.5) is 0 Å². The molecule has 0 spiro atoms. The summed E-state index contributed by atoms with van der Waals surface area (Å²) in [7, 11) is 1.87. The number of rotatable bonds is 2. The van der Waals surface area contributed by atoms with Gasteiger partial charge in [-0.05, 0) is 37.3 Å². The van der Waals surface area contributed by atoms with Crippen LogP contribution in [0.1, 0.15) is 41.3 Å². The predicted molar refractivity (Wildman–Crippen MR) is 76.4 cm³/mol. The minimum Gasteiger partial charge on any atom is -0.349 e. The Morgan fingerprint density at radius 2 is 2.26 bits per heavy atom. The summed E-state index contributed by atoms with van der Waals surface area (Å²) in [5.74, 6) is 0. The van der Waals surface area contributed by atoms with Gasteiger partial charge in [0, 0.05) is 31.0 Å². The molecule has 102 valence electrons. The average Bonchev–Trinajstić information content (AvgIpc) is 2.88. The average molecular weight is 279 g/mol. The summed E-state index contributed by atoms with van der Waals surface area (Å²) in [6, 6.07) is 0.190. The molecule has 0 fully saturated rings. The van der Waals surface area contributed by atoms with E-state index < -0.39 is 0 Å². The van der Waals surface area contributed by atoms with Crippen molar-refractivity contribution in [2.24, 2.45) is 12.8 Å². The zero-order valence-electron chi connectivity index (χ0n) is 11.4. The summed E-state index contributed by atoms with van der Waals surface area (Å²) in [6.45, 7) is 2.76. The Morgan fingerprint density at radius 1 is 1.47 bits per heavy atom. The molecular formula is C14H19ClN4. The number of halogens is 1. The van der Waals surface area contributed by atoms with Crippen molar-refractivity contribution in [3.8, 4) is 0 Å². The summed E-state index contributed by atoms with van der Waals surface area (Å²) in [4.78, 5) is 0. The molecule has 0 bridgehead atoms. The molecule has 0 radical (unpaired) electrons. The van der Waals surface area contributed by atoms with E-state index in [-0.39, 0.29) is 6.04 Å². The van der Waals surface area contributed by atoms with Crippen molar-refractivity contribution >= 4 is 11.6 Å². The van der Waals surface area contributed by atoms with Crippen LogP contribution in [-0.4, -0.2) is 14.3 Å². The van der Waals surface area contributed by atoms with Gasteiger partial charge in [0.05, 0.1) is 12.2 Å². The van der Waals surface area contributed by atoms with Crippen molar-refractivity contribution in [1.29, 1.82) is 0 Å². The molecule has 4 nitrogen and oxygen atoms in total. The predicted octanol–water partition coefficient (Wildman–Crippen LogP) is 2.57. The Balaban J connectivity index is 1.92. The van der Waals surface area contributed by atoms with E-state index in [0.717, 1.165) is 30.6 Å². The van der Waals surface area contributed by atoms with Gasteiger partial charge in [0.25, 0.3) is 0 Å². The van der Waals surface area contributed by atoms with Crippen molar-refractivity contribution in [1.82, 2.24) is 14.3 Å². The van der Waals surface area contributed by atoms with Gasteiger partial charge in [0.2, 0.25) is 0 Å². The molecule has 1 unspecified atom stereocenters. The van der Waals surface area contributed by atoms with Gasteiger partial charge in [-0.2, -0.15) is 5.10 Å². The lowest BCUT2D eigenvalue weighted by atomic mass is 9.92. The first kappa shape index (κ1) is 12.8. The number of aromatic nitrogens is 3. The molecule has 1 aliphatic rings. The van der Waals surface area contributed by atoms with E-state index in [1.807, 2.05) is 14.0 Å². The molecule has 2 N–H and O–H groups in total. The SMILES string of the molecule is Cc1nn(C)c(Cl)c1Cn1cc2c(c1)C(N)CCC2. The van der Waals surface area contributed by atoms with Crippen LogP contribution >= 0.6 is 11.6 Å². The van der Waals surface area contributed by atoms with E-state index in [1.165, 1.54) is 17.5 Å². The Labute approximate surface area is 118 Å². The van der Waals surface area contributed by atoms with Crippen molar-refractivity contribution < 1.29 is 0 Å². The van der Waals surface area contributed by atoms with Crippen LogP contribution in [0.2, 0.25) is 5.15 Å². The summed E-state index contributed by atoms with van der Waals surface area (Å²) < 4.78 is 3.91. The number of hydrogen-bond acceptors (Lipinski definition) is 2. The Hall–Kier alpha value is -1.26. The third-order valence-electron chi connectivity index (χ3n) is 3.97. The molecule has 3 rings (SSSR count). The second-order valence-corrected chi connectivity index (χ2v) is 5.75. The molecular weight excluding hydrogens is 260 g/mol. The number of nitrogens with two attached hydrogens (primary N) is 1. The molecule has 1 aliphatic carbocycles. The Morgan fingerprint density at radius 3 is 2.89 bits per heavy atom. The van der Waals surface area contributed by atoms with Crippen LogP contribution in [0.25, 0.3) is 0 Å². The topological polar surface area (TPSA) is 48.8 Å². The largest absolute Gasteiger partial charge is 0.349 e. The van der Waals surface area contributed by atoms with Gasteiger partial charge >= 0.3 is 0 Å². The molecule has 2 heterocycles. The van der Waals surface area contributed by atoms with E-state index >= 15 is 0 Å². The van der Waals surface area contributed by atoms with Crippen LogP contribution in [0.15, 0.2) is 12.4 Å². The first-order valence-electron chi connectivity index (χ1n) is 6.68. The first-order valence-corrected chi connectivity index (χ1v) is 7.06. The molecule has 0 aromatic carbocycles. The number of nitrogens with zero attached hydrogens (tertiary/aromatic N) is 3. The maximum atomic E-state index is 6.28. The zero-order valence-corrected chi connectivity index (χ0v) is 12.1. The molecule has 2 aromatic rings. The molecule has 2 aromatic heterocycles. The van der Waals surface area contributed by atoms with Gasteiger partial charge < -0.3 is 10.3 Å². The fourth-order valence-corrected chi connectivity index (χ4v) is 3.15. The highest BCUT2D eigenvalue weighted by Gasteiger charge is 2.19. The molecule has 5 heteroatoms. The van der Waals surface area contributed by atoms with E-state index in [0.29, 0.717) is 5.15 Å². The van der Waals surface area contributed by atoms with Crippen molar-refractivity contribution in [3.63, 3.8) is 0 Å². The summed E-state index contributed by atoms with van der Waals surface area (Å²) in [5, 5.41) is 5.07. The summed E-state index contributed by atoms with van der Waals surface area (Å²) >= 11 is 6.28. The highest BCUT2D eigenvalue weighted by Crippen LogP contribution is 2.29. The van der Waals surface area contributed by atoms with Crippen molar-refractivity contribution in [2.45, 2.75) is 38.8 Å². The Bertz CT molecular complexity index is 611. The quantitative estimate of drug-likeness (QED) is 0.918. The molecule has 19 heavy (non-hydrogen) atoms. The van der Waals surface area contributed by atoms with E-state index in [2.05, 4.69) is 22.1 Å². The highest BCUT2D eigenvalue weighted by molar-refractivity contribution is 6.30. The maximum absolute atomic E-state index is 6.28. The smallest absolute Gasteiger partial charge is 0.131 e. The Kier molecular flexibility index (Phi) is 3.15. The maximum Gasteiger partial charge on any atom is 0.131 e. The fourth-order valence-electron chi connectivity index (χ4n) is 2.91. The molecule has 0 saturated carbocycles. The van der Waals surface area contributed by atoms with Crippen LogP contribution in [0.5, 0.6) is 0 Å². The molecule has 1 atom stereocenters. The zero-order chi connectivity index (χ0) is 13.6. The van der Waals surface area contributed by atoms with Crippen LogP contribution in [0.3, 0.4) is 0 Å². The van der Waals surface area contributed by atoms with Gasteiger partial charge in [0.15, 0.2) is 0 Å². The van der Waals surface area contributed by atoms with E-state index in [1.54, 1.807) is 4.68 Å². The minimum absolute atomic E-state index is 0.190. The van der Waals surface area contributed by atoms with Crippen LogP contribution in [-0.2, 0) is 20.0 Å². The van der Waals surface area contributed by atoms with Gasteiger partial charge in [-0.3, -0.25) is 4.68 Å². The number of fused-ring (bicyclic) bond motifs is 1. The second kappa shape index (κ2) is 4.69. The van der Waals surface area contributed by atoms with E-state index in [9.17, 15) is 0 Å². The van der Waals surface area contributed by atoms with Crippen LogP contribution in [0, 0.1) is 6.92 Å². The highest BCUT2D eigenvalue weighted by atomic mass is 35.5. The summed E-state index contributed by atoms with van der Waals surface area (Å²) in [6.07, 6.45) is 7.78. The van der Waals surface area contributed by atoms with Crippen LogP contribution < -0.4 is 5.73 Å². The minimum atomic E-state index is 0.190. The first-order chi connectivity index (χ1) is 9.06.